The van der Waals surface area contributed by atoms with E-state index in [9.17, 15) is 29.4 Å². The summed E-state index contributed by atoms with van der Waals surface area (Å²) >= 11 is 1.91. The number of carbonyl (C=O) groups is 4. The Bertz CT molecular complexity index is 1940. The monoisotopic (exact) mass is 663 g/mol. The van der Waals surface area contributed by atoms with E-state index in [1.54, 1.807) is 18.6 Å². The molecule has 0 bridgehead atoms. The number of aliphatic carboxylic acids is 2. The van der Waals surface area contributed by atoms with Crippen molar-refractivity contribution >= 4 is 40.8 Å². The van der Waals surface area contributed by atoms with Crippen molar-refractivity contribution in [3.05, 3.63) is 136 Å². The Labute approximate surface area is 281 Å². The van der Waals surface area contributed by atoms with Gasteiger partial charge in [0.2, 0.25) is 5.78 Å². The molecule has 0 aromatic heterocycles. The van der Waals surface area contributed by atoms with Crippen LogP contribution in [-0.2, 0) is 9.59 Å². The maximum Gasteiger partial charge on any atom is 0.328 e. The van der Waals surface area contributed by atoms with Crippen molar-refractivity contribution < 1.29 is 39.6 Å². The van der Waals surface area contributed by atoms with Gasteiger partial charge in [-0.05, 0) is 79.4 Å². The number of hydrogen-bond acceptors (Lipinski definition) is 8. The van der Waals surface area contributed by atoms with Crippen molar-refractivity contribution in [3.8, 4) is 11.5 Å². The van der Waals surface area contributed by atoms with E-state index in [1.165, 1.54) is 76.7 Å². The molecule has 1 fully saturated rings. The maximum atomic E-state index is 12.3. The number of carboxylic acids is 2. The first kappa shape index (κ1) is 33.9. The Kier molecular flexibility index (Phi) is 10.3. The quantitative estimate of drug-likeness (QED) is 0.150. The second kappa shape index (κ2) is 14.5. The molecule has 0 spiro atoms. The predicted molar refractivity (Wildman–Crippen MR) is 182 cm³/mol. The summed E-state index contributed by atoms with van der Waals surface area (Å²) in [7, 11) is 2.22. The van der Waals surface area contributed by atoms with Crippen LogP contribution in [0, 0.1) is 6.92 Å². The van der Waals surface area contributed by atoms with Crippen LogP contribution in [0.1, 0.15) is 61.4 Å². The first-order valence-electron chi connectivity index (χ1n) is 15.1. The number of piperidine rings is 1. The Balaban J connectivity index is 0.000000155. The van der Waals surface area contributed by atoms with E-state index in [2.05, 4.69) is 60.5 Å². The lowest BCUT2D eigenvalue weighted by atomic mass is 9.82. The summed E-state index contributed by atoms with van der Waals surface area (Å²) in [6, 6.07) is 25.1. The Morgan fingerprint density at radius 2 is 1.21 bits per heavy atom. The molecule has 2 heterocycles. The zero-order valence-corrected chi connectivity index (χ0v) is 27.1. The first-order chi connectivity index (χ1) is 23.0. The molecule has 4 aromatic rings. The summed E-state index contributed by atoms with van der Waals surface area (Å²) < 4.78 is 0. The van der Waals surface area contributed by atoms with E-state index in [-0.39, 0.29) is 39.5 Å². The lowest BCUT2D eigenvalue weighted by Crippen LogP contribution is -2.27. The smallest absolute Gasteiger partial charge is 0.328 e. The van der Waals surface area contributed by atoms with E-state index in [4.69, 9.17) is 10.2 Å². The third-order valence-electron chi connectivity index (χ3n) is 8.09. The summed E-state index contributed by atoms with van der Waals surface area (Å²) in [5.74, 6) is -3.89. The van der Waals surface area contributed by atoms with Crippen LogP contribution in [0.3, 0.4) is 0 Å². The number of hydrogen-bond donors (Lipinski definition) is 4. The first-order valence-corrected chi connectivity index (χ1v) is 15.9. The van der Waals surface area contributed by atoms with Gasteiger partial charge in [0.15, 0.2) is 5.78 Å². The minimum atomic E-state index is -1.26. The van der Waals surface area contributed by atoms with Crippen molar-refractivity contribution in [1.29, 1.82) is 0 Å². The highest BCUT2D eigenvalue weighted by molar-refractivity contribution is 7.99. The average Bonchev–Trinajstić information content (AvgIpc) is 3.06. The number of likely N-dealkylation sites (tertiary alicyclic amines) is 1. The second-order valence-corrected chi connectivity index (χ2v) is 12.5. The fourth-order valence-corrected chi connectivity index (χ4v) is 6.96. The third-order valence-corrected chi connectivity index (χ3v) is 9.24. The fraction of sp³-hybridized carbons (Fsp3) is 0.158. The van der Waals surface area contributed by atoms with Crippen LogP contribution in [0.25, 0.3) is 5.57 Å². The van der Waals surface area contributed by atoms with E-state index in [1.807, 2.05) is 11.8 Å². The summed E-state index contributed by atoms with van der Waals surface area (Å²) in [6.45, 7) is 4.09. The van der Waals surface area contributed by atoms with Gasteiger partial charge in [-0.15, -0.1) is 0 Å². The molecule has 1 aliphatic carbocycles. The standard InChI is InChI=1S/C19H19NS.C15H10O4.C4H4O4/c1-20-12-10-14(11-13-20)19-15-6-2-4-8-17(15)21-18-9-5-3-7-16(18)19;1-7-5-9-13(11(17)6-7)15(19)12-8(14(9)18)3-2-4-10(12)16;5-3(6)1-2-4(7)8/h2-9H,10-13H2,1H3;2-6,16-17H,1H3;1-2H,(H,5,6)(H,7,8). The van der Waals surface area contributed by atoms with Crippen LogP contribution >= 0.6 is 11.8 Å². The summed E-state index contributed by atoms with van der Waals surface area (Å²) in [5, 5.41) is 35.3. The molecule has 9 nitrogen and oxygen atoms in total. The molecule has 7 rings (SSSR count). The van der Waals surface area contributed by atoms with Crippen LogP contribution in [0.4, 0.5) is 0 Å². The van der Waals surface area contributed by atoms with E-state index < -0.39 is 17.7 Å². The summed E-state index contributed by atoms with van der Waals surface area (Å²) in [6.07, 6.45) is 3.50. The van der Waals surface area contributed by atoms with Crippen LogP contribution in [0.15, 0.2) is 106 Å². The predicted octanol–water partition coefficient (Wildman–Crippen LogP) is 6.57. The Morgan fingerprint density at radius 3 is 1.77 bits per heavy atom. The molecule has 0 saturated carbocycles. The Morgan fingerprint density at radius 1 is 0.688 bits per heavy atom. The molecule has 4 aromatic carbocycles. The van der Waals surface area contributed by atoms with Crippen molar-refractivity contribution in [1.82, 2.24) is 4.90 Å². The van der Waals surface area contributed by atoms with E-state index in [0.29, 0.717) is 17.7 Å². The molecular weight excluding hydrogens is 630 g/mol. The van der Waals surface area contributed by atoms with Crippen molar-refractivity contribution in [2.24, 2.45) is 0 Å². The topological polar surface area (TPSA) is 152 Å². The zero-order valence-electron chi connectivity index (χ0n) is 26.3. The maximum absolute atomic E-state index is 12.3. The minimum absolute atomic E-state index is 0.0374. The van der Waals surface area contributed by atoms with Gasteiger partial charge in [0.25, 0.3) is 0 Å². The van der Waals surface area contributed by atoms with E-state index >= 15 is 0 Å². The van der Waals surface area contributed by atoms with E-state index in [0.717, 1.165) is 0 Å². The van der Waals surface area contributed by atoms with Crippen molar-refractivity contribution in [2.45, 2.75) is 29.6 Å². The number of fused-ring (bicyclic) bond motifs is 4. The number of aromatic hydroxyl groups is 2. The van der Waals surface area contributed by atoms with Gasteiger partial charge in [0, 0.05) is 46.2 Å². The number of ketones is 2. The van der Waals surface area contributed by atoms with Gasteiger partial charge in [0.05, 0.1) is 11.1 Å². The van der Waals surface area contributed by atoms with Gasteiger partial charge in [-0.3, -0.25) is 9.59 Å². The molecule has 48 heavy (non-hydrogen) atoms. The van der Waals surface area contributed by atoms with Gasteiger partial charge in [-0.2, -0.15) is 0 Å². The Hall–Kier alpha value is -5.45. The number of carboxylic acid groups (broad SMARTS) is 2. The summed E-state index contributed by atoms with van der Waals surface area (Å²) in [5.41, 5.74) is 6.97. The second-order valence-electron chi connectivity index (χ2n) is 11.5. The van der Waals surface area contributed by atoms with Gasteiger partial charge >= 0.3 is 11.9 Å². The van der Waals surface area contributed by atoms with Gasteiger partial charge < -0.3 is 25.3 Å². The van der Waals surface area contributed by atoms with Crippen LogP contribution < -0.4 is 0 Å². The van der Waals surface area contributed by atoms with Crippen molar-refractivity contribution in [3.63, 3.8) is 0 Å². The van der Waals surface area contributed by atoms with Crippen LogP contribution in [0.2, 0.25) is 0 Å². The zero-order chi connectivity index (χ0) is 34.5. The molecule has 244 valence electrons. The van der Waals surface area contributed by atoms with Crippen molar-refractivity contribution in [2.75, 3.05) is 20.1 Å². The number of nitrogens with zero attached hydrogens (tertiary/aromatic N) is 1. The number of rotatable bonds is 2. The lowest BCUT2D eigenvalue weighted by molar-refractivity contribution is -0.134. The molecule has 2 aliphatic heterocycles. The normalized spacial score (nSPS) is 14.8. The fourth-order valence-electron chi connectivity index (χ4n) is 5.87. The lowest BCUT2D eigenvalue weighted by Gasteiger charge is -2.30. The molecule has 3 aliphatic rings. The minimum Gasteiger partial charge on any atom is -0.507 e. The number of carbonyl (C=O) groups excluding carboxylic acids is 2. The van der Waals surface area contributed by atoms with Gasteiger partial charge in [-0.1, -0.05) is 65.9 Å². The molecule has 1 saturated heterocycles. The number of benzene rings is 4. The van der Waals surface area contributed by atoms with Crippen LogP contribution in [-0.4, -0.2) is 69.0 Å². The molecule has 0 atom stereocenters. The van der Waals surface area contributed by atoms with Gasteiger partial charge in [-0.25, -0.2) is 9.59 Å². The summed E-state index contributed by atoms with van der Waals surface area (Å²) in [4.78, 5) is 49.0. The number of phenolic OH excluding ortho intramolecular Hbond substituents is 2. The third kappa shape index (κ3) is 7.25. The average molecular weight is 664 g/mol. The molecular formula is C38H33NO8S. The SMILES string of the molecule is CN1CCC(=C2c3ccccc3Sc3ccccc32)CC1.Cc1cc(O)c2c(c1)C(=O)c1cccc(O)c1C2=O.O=C(O)C=CC(=O)O. The number of aryl methyl sites for hydroxylation is 1. The largest absolute Gasteiger partial charge is 0.507 e. The highest BCUT2D eigenvalue weighted by Crippen LogP contribution is 2.47. The molecule has 0 radical (unpaired) electrons. The molecule has 0 amide bonds. The highest BCUT2D eigenvalue weighted by atomic mass is 32.2. The number of phenols is 2. The molecule has 10 heteroatoms. The van der Waals surface area contributed by atoms with Crippen LogP contribution in [0.5, 0.6) is 11.5 Å². The highest BCUT2D eigenvalue weighted by Gasteiger charge is 2.34. The molecule has 0 unspecified atom stereocenters. The molecule has 4 N–H and O–H groups in total. The van der Waals surface area contributed by atoms with Gasteiger partial charge in [0.1, 0.15) is 11.5 Å².